The van der Waals surface area contributed by atoms with Crippen molar-refractivity contribution in [2.24, 2.45) is 0 Å². The number of rotatable bonds is 4. The van der Waals surface area contributed by atoms with Crippen molar-refractivity contribution in [3.8, 4) is 0 Å². The van der Waals surface area contributed by atoms with Crippen LogP contribution in [0.3, 0.4) is 0 Å². The van der Waals surface area contributed by atoms with Gasteiger partial charge in [0.25, 0.3) is 0 Å². The van der Waals surface area contributed by atoms with E-state index in [9.17, 15) is 4.79 Å². The van der Waals surface area contributed by atoms with E-state index in [1.165, 1.54) is 12.8 Å². The molecular formula is C13H13ClN2O. The summed E-state index contributed by atoms with van der Waals surface area (Å²) in [5, 5.41) is 4.85. The lowest BCUT2D eigenvalue weighted by Gasteiger charge is -2.01. The van der Waals surface area contributed by atoms with Gasteiger partial charge < -0.3 is 10.3 Å². The van der Waals surface area contributed by atoms with Crippen LogP contribution in [0.4, 0.5) is 0 Å². The van der Waals surface area contributed by atoms with Crippen LogP contribution >= 0.6 is 11.6 Å². The number of benzene rings is 1. The van der Waals surface area contributed by atoms with Gasteiger partial charge >= 0.3 is 0 Å². The van der Waals surface area contributed by atoms with E-state index in [0.29, 0.717) is 17.6 Å². The highest BCUT2D eigenvalue weighted by Crippen LogP contribution is 2.23. The summed E-state index contributed by atoms with van der Waals surface area (Å²) in [5.74, 6) is 0.130. The van der Waals surface area contributed by atoms with E-state index in [2.05, 4.69) is 10.3 Å². The quantitative estimate of drug-likeness (QED) is 0.818. The van der Waals surface area contributed by atoms with Gasteiger partial charge in [0.15, 0.2) is 5.78 Å². The number of H-pyrrole nitrogens is 1. The number of aromatic nitrogens is 1. The van der Waals surface area contributed by atoms with Crippen LogP contribution in [-0.4, -0.2) is 23.4 Å². The third kappa shape index (κ3) is 2.21. The first kappa shape index (κ1) is 10.8. The minimum absolute atomic E-state index is 0.130. The summed E-state index contributed by atoms with van der Waals surface area (Å²) in [5.41, 5.74) is 1.65. The number of hydrogen-bond acceptors (Lipinski definition) is 2. The molecule has 1 aliphatic rings. The molecule has 1 fully saturated rings. The Morgan fingerprint density at radius 3 is 3.06 bits per heavy atom. The SMILES string of the molecule is O=C(CNC1CC1)c1c[nH]c2cc(Cl)ccc12. The maximum atomic E-state index is 12.0. The van der Waals surface area contributed by atoms with Crippen LogP contribution in [0.5, 0.6) is 0 Å². The summed E-state index contributed by atoms with van der Waals surface area (Å²) in [4.78, 5) is 15.1. The Morgan fingerprint density at radius 2 is 2.29 bits per heavy atom. The van der Waals surface area contributed by atoms with Crippen LogP contribution in [0.1, 0.15) is 23.2 Å². The number of carbonyl (C=O) groups is 1. The summed E-state index contributed by atoms with van der Waals surface area (Å²) in [6.45, 7) is 0.417. The van der Waals surface area contributed by atoms with Crippen molar-refractivity contribution in [2.75, 3.05) is 6.54 Å². The molecule has 0 aliphatic heterocycles. The van der Waals surface area contributed by atoms with Gasteiger partial charge in [-0.1, -0.05) is 17.7 Å². The third-order valence-corrected chi connectivity index (χ3v) is 3.31. The van der Waals surface area contributed by atoms with Gasteiger partial charge in [-0.2, -0.15) is 0 Å². The van der Waals surface area contributed by atoms with Crippen molar-refractivity contribution in [1.29, 1.82) is 0 Å². The van der Waals surface area contributed by atoms with E-state index in [4.69, 9.17) is 11.6 Å². The standard InChI is InChI=1S/C13H13ClN2O/c14-8-1-4-10-11(6-16-12(10)5-8)13(17)7-15-9-2-3-9/h1,4-6,9,15-16H,2-3,7H2. The molecule has 3 rings (SSSR count). The fourth-order valence-corrected chi connectivity index (χ4v) is 2.12. The monoisotopic (exact) mass is 248 g/mol. The highest BCUT2D eigenvalue weighted by molar-refractivity contribution is 6.31. The van der Waals surface area contributed by atoms with Crippen molar-refractivity contribution >= 4 is 28.3 Å². The van der Waals surface area contributed by atoms with Crippen LogP contribution in [-0.2, 0) is 0 Å². The number of nitrogens with one attached hydrogen (secondary N) is 2. The average Bonchev–Trinajstić information content (AvgIpc) is 3.05. The van der Waals surface area contributed by atoms with Crippen LogP contribution < -0.4 is 5.32 Å². The Morgan fingerprint density at radius 1 is 1.47 bits per heavy atom. The maximum Gasteiger partial charge on any atom is 0.178 e. The van der Waals surface area contributed by atoms with Gasteiger partial charge in [0.2, 0.25) is 0 Å². The molecule has 0 bridgehead atoms. The Kier molecular flexibility index (Phi) is 2.65. The summed E-state index contributed by atoms with van der Waals surface area (Å²) < 4.78 is 0. The molecule has 2 N–H and O–H groups in total. The molecule has 0 unspecified atom stereocenters. The molecule has 1 aromatic carbocycles. The van der Waals surface area contributed by atoms with Crippen LogP contribution in [0.25, 0.3) is 10.9 Å². The second-order valence-electron chi connectivity index (χ2n) is 4.47. The molecule has 0 atom stereocenters. The molecule has 0 saturated heterocycles. The number of halogens is 1. The Balaban J connectivity index is 1.85. The predicted molar refractivity (Wildman–Crippen MR) is 68.7 cm³/mol. The van der Waals surface area contributed by atoms with Crippen molar-refractivity contribution in [3.63, 3.8) is 0 Å². The lowest BCUT2D eigenvalue weighted by Crippen LogP contribution is -2.24. The van der Waals surface area contributed by atoms with Gasteiger partial charge in [0, 0.05) is 33.7 Å². The van der Waals surface area contributed by atoms with E-state index in [1.54, 1.807) is 6.20 Å². The van der Waals surface area contributed by atoms with Gasteiger partial charge in [-0.05, 0) is 25.0 Å². The highest BCUT2D eigenvalue weighted by Gasteiger charge is 2.22. The first-order valence-corrected chi connectivity index (χ1v) is 6.15. The molecule has 1 heterocycles. The van der Waals surface area contributed by atoms with E-state index < -0.39 is 0 Å². The number of aromatic amines is 1. The molecule has 4 heteroatoms. The summed E-state index contributed by atoms with van der Waals surface area (Å²) in [6, 6.07) is 6.09. The highest BCUT2D eigenvalue weighted by atomic mass is 35.5. The number of carbonyl (C=O) groups excluding carboxylic acids is 1. The fraction of sp³-hybridized carbons (Fsp3) is 0.308. The normalized spacial score (nSPS) is 15.4. The van der Waals surface area contributed by atoms with Gasteiger partial charge in [-0.3, -0.25) is 4.79 Å². The summed E-state index contributed by atoms with van der Waals surface area (Å²) in [6.07, 6.45) is 4.14. The Bertz CT molecular complexity index is 572. The molecule has 1 aromatic heterocycles. The number of fused-ring (bicyclic) bond motifs is 1. The molecule has 0 spiro atoms. The largest absolute Gasteiger partial charge is 0.360 e. The molecule has 0 amide bonds. The second kappa shape index (κ2) is 4.17. The zero-order chi connectivity index (χ0) is 11.8. The zero-order valence-electron chi connectivity index (χ0n) is 9.29. The van der Waals surface area contributed by atoms with Gasteiger partial charge in [-0.15, -0.1) is 0 Å². The van der Waals surface area contributed by atoms with E-state index in [-0.39, 0.29) is 5.78 Å². The average molecular weight is 249 g/mol. The van der Waals surface area contributed by atoms with E-state index in [1.807, 2.05) is 18.2 Å². The smallest absolute Gasteiger partial charge is 0.178 e. The molecule has 88 valence electrons. The van der Waals surface area contributed by atoms with Crippen molar-refractivity contribution < 1.29 is 4.79 Å². The number of hydrogen-bond donors (Lipinski definition) is 2. The zero-order valence-corrected chi connectivity index (χ0v) is 10.1. The Labute approximate surface area is 104 Å². The van der Waals surface area contributed by atoms with Gasteiger partial charge in [-0.25, -0.2) is 0 Å². The lowest BCUT2D eigenvalue weighted by atomic mass is 10.1. The van der Waals surface area contributed by atoms with Crippen molar-refractivity contribution in [3.05, 3.63) is 35.0 Å². The number of Topliss-reactive ketones (excluding diaryl/α,β-unsaturated/α-hetero) is 1. The van der Waals surface area contributed by atoms with Crippen molar-refractivity contribution in [1.82, 2.24) is 10.3 Å². The lowest BCUT2D eigenvalue weighted by molar-refractivity contribution is 0.0992. The molecular weight excluding hydrogens is 236 g/mol. The van der Waals surface area contributed by atoms with Crippen molar-refractivity contribution in [2.45, 2.75) is 18.9 Å². The fourth-order valence-electron chi connectivity index (χ4n) is 1.95. The first-order chi connectivity index (χ1) is 8.24. The minimum Gasteiger partial charge on any atom is -0.360 e. The van der Waals surface area contributed by atoms with E-state index >= 15 is 0 Å². The minimum atomic E-state index is 0.130. The summed E-state index contributed by atoms with van der Waals surface area (Å²) in [7, 11) is 0. The van der Waals surface area contributed by atoms with Gasteiger partial charge in [0.05, 0.1) is 6.54 Å². The molecule has 1 saturated carbocycles. The topological polar surface area (TPSA) is 44.9 Å². The molecule has 17 heavy (non-hydrogen) atoms. The first-order valence-electron chi connectivity index (χ1n) is 5.77. The third-order valence-electron chi connectivity index (χ3n) is 3.07. The van der Waals surface area contributed by atoms with Crippen LogP contribution in [0, 0.1) is 0 Å². The van der Waals surface area contributed by atoms with Gasteiger partial charge in [0.1, 0.15) is 0 Å². The maximum absolute atomic E-state index is 12.0. The summed E-state index contributed by atoms with van der Waals surface area (Å²) >= 11 is 5.90. The number of ketones is 1. The van der Waals surface area contributed by atoms with E-state index in [0.717, 1.165) is 16.5 Å². The Hall–Kier alpha value is -1.32. The molecule has 2 aromatic rings. The molecule has 0 radical (unpaired) electrons. The molecule has 3 nitrogen and oxygen atoms in total. The predicted octanol–water partition coefficient (Wildman–Crippen LogP) is 2.76. The van der Waals surface area contributed by atoms with Crippen LogP contribution in [0.15, 0.2) is 24.4 Å². The molecule has 1 aliphatic carbocycles. The van der Waals surface area contributed by atoms with Crippen LogP contribution in [0.2, 0.25) is 5.02 Å². The second-order valence-corrected chi connectivity index (χ2v) is 4.91.